The SMILES string of the molecule is CC(=O)O[C@@]12CO[C@@H]1C[C@H](OC(=O)N(C)CCN(C)C(=O)OCc1ccc(NC(=O)[C@H](CCCNC(N)=O)NC(=O)[C@@H](NC(=O)CSCC(=O)C(C)C)C(C)C)cc1)[C@@]1(C)C(=O)[C@H](O)C3=C(C)[C@@H](OC(=O)[C@H](O)[C@@H](NC(=O)OC(C)(C)C)c4ccccc4)C[C@@](O)([C@@H](OC(=O)c4ccccc4)[C@H]21)C3(C)C. The molecule has 31 heteroatoms. The molecule has 574 valence electrons. The van der Waals surface area contributed by atoms with E-state index in [-0.39, 0.29) is 91.0 Å². The predicted molar refractivity (Wildman–Crippen MR) is 381 cm³/mol. The van der Waals surface area contributed by atoms with Crippen molar-refractivity contribution in [3.8, 4) is 0 Å². The largest absolute Gasteiger partial charge is 0.456 e. The van der Waals surface area contributed by atoms with Crippen LogP contribution in [-0.4, -0.2) is 214 Å². The van der Waals surface area contributed by atoms with E-state index in [0.717, 1.165) is 23.6 Å². The number of carbonyl (C=O) groups is 12. The fourth-order valence-electron chi connectivity index (χ4n) is 13.8. The van der Waals surface area contributed by atoms with Gasteiger partial charge in [-0.2, -0.15) is 0 Å². The summed E-state index contributed by atoms with van der Waals surface area (Å²) in [5.41, 5.74) is -3.45. The van der Waals surface area contributed by atoms with Gasteiger partial charge in [0, 0.05) is 70.5 Å². The van der Waals surface area contributed by atoms with Gasteiger partial charge in [0.15, 0.2) is 17.5 Å². The molecule has 3 fully saturated rings. The zero-order valence-corrected chi connectivity index (χ0v) is 62.6. The number of ether oxygens (including phenoxy) is 7. The van der Waals surface area contributed by atoms with Gasteiger partial charge in [0.25, 0.3) is 0 Å². The molecule has 8 amide bonds. The molecule has 2 saturated carbocycles. The number of likely N-dealkylation sites (N-methyl/N-ethyl adjacent to an activating group) is 2. The van der Waals surface area contributed by atoms with Crippen molar-refractivity contribution in [2.45, 2.75) is 187 Å². The average molecular weight is 1490 g/mol. The van der Waals surface area contributed by atoms with E-state index in [0.29, 0.717) is 11.3 Å². The van der Waals surface area contributed by atoms with E-state index < -0.39 is 173 Å². The van der Waals surface area contributed by atoms with Crippen molar-refractivity contribution in [2.24, 2.45) is 34.3 Å². The van der Waals surface area contributed by atoms with Gasteiger partial charge in [-0.3, -0.25) is 28.8 Å². The van der Waals surface area contributed by atoms with E-state index in [1.54, 1.807) is 109 Å². The van der Waals surface area contributed by atoms with Crippen LogP contribution in [0.4, 0.5) is 24.9 Å². The van der Waals surface area contributed by atoms with Crippen LogP contribution in [0.25, 0.3) is 0 Å². The molecule has 13 atom stereocenters. The number of nitrogens with two attached hydrogens (primary N) is 1. The number of rotatable bonds is 29. The highest BCUT2D eigenvalue weighted by molar-refractivity contribution is 8.00. The number of benzene rings is 3. The third-order valence-electron chi connectivity index (χ3n) is 19.7. The molecule has 0 unspecified atom stereocenters. The van der Waals surface area contributed by atoms with Gasteiger partial charge in [-0.05, 0) is 99.9 Å². The second-order valence-corrected chi connectivity index (χ2v) is 30.4. The Labute approximate surface area is 614 Å². The zero-order chi connectivity index (χ0) is 77.8. The molecule has 1 saturated heterocycles. The first-order chi connectivity index (χ1) is 49.2. The number of ketones is 2. The fourth-order valence-corrected chi connectivity index (χ4v) is 14.7. The van der Waals surface area contributed by atoms with E-state index in [2.05, 4.69) is 26.6 Å². The molecule has 7 rings (SSSR count). The smallest absolute Gasteiger partial charge is 0.409 e. The Bertz CT molecular complexity index is 3720. The molecule has 3 aliphatic carbocycles. The number of carbonyl (C=O) groups excluding carboxylic acids is 12. The molecule has 10 N–H and O–H groups in total. The molecule has 0 aromatic heterocycles. The predicted octanol–water partition coefficient (Wildman–Crippen LogP) is 5.58. The molecule has 0 radical (unpaired) electrons. The molecule has 4 aliphatic rings. The molecule has 105 heavy (non-hydrogen) atoms. The molecule has 3 aromatic rings. The third kappa shape index (κ3) is 19.7. The Morgan fingerprint density at radius 3 is 1.99 bits per heavy atom. The van der Waals surface area contributed by atoms with E-state index in [4.69, 9.17) is 38.9 Å². The molecule has 3 aromatic carbocycles. The van der Waals surface area contributed by atoms with Crippen molar-refractivity contribution >= 4 is 89.0 Å². The highest BCUT2D eigenvalue weighted by Gasteiger charge is 2.79. The normalized spacial score (nSPS) is 24.1. The van der Waals surface area contributed by atoms with Crippen molar-refractivity contribution in [1.82, 2.24) is 31.1 Å². The van der Waals surface area contributed by atoms with Crippen LogP contribution in [-0.2, 0) is 73.3 Å². The molecule has 2 bridgehead atoms. The molecule has 1 aliphatic heterocycles. The Kier molecular flexibility index (Phi) is 27.6. The molecular weight excluding hydrogens is 1380 g/mol. The molecule has 30 nitrogen and oxygen atoms in total. The number of primary amides is 1. The third-order valence-corrected chi connectivity index (χ3v) is 20.7. The van der Waals surface area contributed by atoms with Gasteiger partial charge in [0.2, 0.25) is 17.7 Å². The van der Waals surface area contributed by atoms with Crippen LogP contribution >= 0.6 is 11.8 Å². The van der Waals surface area contributed by atoms with Gasteiger partial charge in [-0.1, -0.05) is 102 Å². The van der Waals surface area contributed by atoms with Crippen LogP contribution in [0.2, 0.25) is 0 Å². The van der Waals surface area contributed by atoms with Crippen LogP contribution in [0.3, 0.4) is 0 Å². The fraction of sp³-hybridized carbons (Fsp3) is 0.568. The number of alkyl carbamates (subject to hydrolysis) is 1. The maximum atomic E-state index is 16.1. The summed E-state index contributed by atoms with van der Waals surface area (Å²) in [6.07, 6.45) is -14.4. The number of nitrogens with one attached hydrogen (secondary N) is 5. The van der Waals surface area contributed by atoms with Crippen LogP contribution in [0.5, 0.6) is 0 Å². The topological polar surface area (TPSA) is 423 Å². The Balaban J connectivity index is 1.08. The number of esters is 3. The first-order valence-electron chi connectivity index (χ1n) is 34.8. The van der Waals surface area contributed by atoms with Crippen LogP contribution in [0, 0.1) is 28.6 Å². The number of aliphatic hydroxyl groups is 3. The lowest BCUT2D eigenvalue weighted by atomic mass is 9.44. The second kappa shape index (κ2) is 34.8. The number of anilines is 1. The van der Waals surface area contributed by atoms with Crippen LogP contribution < -0.4 is 32.3 Å². The number of fused-ring (bicyclic) bond motifs is 5. The van der Waals surface area contributed by atoms with Gasteiger partial charge in [0.1, 0.15) is 66.2 Å². The standard InChI is InChI=1S/C74H100N8O22S/c1-40(2)49(84)37-105-38-53(85)79-55(41(3)4)63(90)78-48(26-21-31-76-66(75)93)62(89)77-47-29-27-44(28-30-47)36-98-68(95)81(13)32-33-82(14)69(96)101-51-34-52-73(39-99-52,103-43(6)83)59-61(102-64(91)46-24-19-16-20-25-46)74(97)35-50(42(5)54(71(74,10)11)57(86)60(88)72(51,59)12)100-65(92)58(87)56(45-22-17-15-18-23-45)80-67(94)104-70(7,8)9/h15-20,22-25,27-30,40-41,48,50-52,55-59,61,86-87,97H,21,26,31-39H2,1-14H3,(H,77,89)(H,78,90)(H,79,85)(H,80,94)(H3,75,76,93)/t48-,50-,51-,52+,55-,56-,57+,58+,59-,61-,72+,73-,74+/m0/s1. The second-order valence-electron chi connectivity index (χ2n) is 29.4. The van der Waals surface area contributed by atoms with Crippen LogP contribution in [0.1, 0.15) is 136 Å². The molecule has 1 heterocycles. The summed E-state index contributed by atoms with van der Waals surface area (Å²) in [5.74, 6) is -8.31. The number of amides is 8. The number of hydrogen-bond acceptors (Lipinski definition) is 23. The van der Waals surface area contributed by atoms with E-state index in [1.807, 2.05) is 0 Å². The number of hydrogen-bond donors (Lipinski definition) is 9. The summed E-state index contributed by atoms with van der Waals surface area (Å²) < 4.78 is 42.4. The molecular formula is C74H100N8O22S. The summed E-state index contributed by atoms with van der Waals surface area (Å²) >= 11 is 1.12. The van der Waals surface area contributed by atoms with Crippen molar-refractivity contribution in [1.29, 1.82) is 0 Å². The van der Waals surface area contributed by atoms with E-state index >= 15 is 4.79 Å². The summed E-state index contributed by atoms with van der Waals surface area (Å²) in [7, 11) is 2.76. The quantitative estimate of drug-likeness (QED) is 0.0177. The zero-order valence-electron chi connectivity index (χ0n) is 61.8. The van der Waals surface area contributed by atoms with Crippen LogP contribution in [0.15, 0.2) is 96.1 Å². The number of urea groups is 1. The minimum atomic E-state index is -2.56. The van der Waals surface area contributed by atoms with Crippen molar-refractivity contribution in [3.05, 3.63) is 113 Å². The molecule has 0 spiro atoms. The highest BCUT2D eigenvalue weighted by atomic mass is 32.2. The van der Waals surface area contributed by atoms with Gasteiger partial charge < -0.3 is 90.6 Å². The number of Topliss-reactive ketones (excluding diaryl/α,β-unsaturated/α-hetero) is 2. The summed E-state index contributed by atoms with van der Waals surface area (Å²) in [6.45, 7) is 17.8. The van der Waals surface area contributed by atoms with Crippen molar-refractivity contribution in [2.75, 3.05) is 57.2 Å². The minimum absolute atomic E-state index is 0.0189. The first-order valence-corrected chi connectivity index (χ1v) is 35.9. The monoisotopic (exact) mass is 1480 g/mol. The maximum Gasteiger partial charge on any atom is 0.409 e. The Hall–Kier alpha value is -9.17. The lowest BCUT2D eigenvalue weighted by Gasteiger charge is -2.67. The van der Waals surface area contributed by atoms with E-state index in [9.17, 15) is 68.1 Å². The minimum Gasteiger partial charge on any atom is -0.456 e. The number of nitrogens with zero attached hydrogens (tertiary/aromatic N) is 2. The van der Waals surface area contributed by atoms with Crippen molar-refractivity contribution in [3.63, 3.8) is 0 Å². The highest BCUT2D eigenvalue weighted by Crippen LogP contribution is 2.65. The summed E-state index contributed by atoms with van der Waals surface area (Å²) in [4.78, 5) is 166. The van der Waals surface area contributed by atoms with E-state index in [1.165, 1.54) is 71.0 Å². The summed E-state index contributed by atoms with van der Waals surface area (Å²) in [5, 5.41) is 52.0. The van der Waals surface area contributed by atoms with Gasteiger partial charge in [-0.25, -0.2) is 28.8 Å². The average Bonchev–Trinajstić information content (AvgIpc) is 0.668. The Morgan fingerprint density at radius 1 is 0.800 bits per heavy atom. The van der Waals surface area contributed by atoms with Gasteiger partial charge in [-0.15, -0.1) is 11.8 Å². The lowest BCUT2D eigenvalue weighted by molar-refractivity contribution is -0.345. The maximum absolute atomic E-state index is 16.1. The number of thioether (sulfide) groups is 1. The first kappa shape index (κ1) is 83.1. The Morgan fingerprint density at radius 2 is 1.42 bits per heavy atom. The van der Waals surface area contributed by atoms with Crippen molar-refractivity contribution < 1.29 is 106 Å². The lowest BCUT2D eigenvalue weighted by Crippen LogP contribution is -2.82. The van der Waals surface area contributed by atoms with Gasteiger partial charge in [0.05, 0.1) is 41.1 Å². The van der Waals surface area contributed by atoms with Gasteiger partial charge >= 0.3 is 42.2 Å². The summed E-state index contributed by atoms with van der Waals surface area (Å²) in [6, 6.07) is 17.4. The number of aliphatic hydroxyl groups excluding tert-OH is 2.